The van der Waals surface area contributed by atoms with Crippen LogP contribution < -0.4 is 20.5 Å². The van der Waals surface area contributed by atoms with E-state index in [1.165, 1.54) is 5.56 Å². The van der Waals surface area contributed by atoms with Crippen molar-refractivity contribution in [3.63, 3.8) is 0 Å². The Hall–Kier alpha value is -0.760. The standard InChI is InChI=1S/C25H46N2O4.2ClH/c1-7-21(8-2)27-17-23(28)22(26)16-20(18(3)4)14-19-10-11-24(30-6)25(15-19)31-13-9-12-29-5;;/h10-11,15,18,20-23,27-28H,7-9,12-14,16-17,26H2,1-6H3;2*1H/t20-,22-,23-;;/m0../s1. The summed E-state index contributed by atoms with van der Waals surface area (Å²) in [6, 6.07) is 6.30. The maximum absolute atomic E-state index is 10.6. The Balaban J connectivity index is 0. The van der Waals surface area contributed by atoms with Crippen LogP contribution in [0.15, 0.2) is 18.2 Å². The second-order valence-corrected chi connectivity index (χ2v) is 8.78. The quantitative estimate of drug-likeness (QED) is 0.265. The molecule has 8 heteroatoms. The number of ether oxygens (including phenoxy) is 3. The predicted octanol–water partition coefficient (Wildman–Crippen LogP) is 4.63. The van der Waals surface area contributed by atoms with Crippen molar-refractivity contribution in [3.05, 3.63) is 23.8 Å². The van der Waals surface area contributed by atoms with Crippen molar-refractivity contribution in [3.8, 4) is 11.5 Å². The molecule has 0 heterocycles. The normalized spacial score (nSPS) is 13.8. The first kappa shape index (κ1) is 34.4. The zero-order chi connectivity index (χ0) is 23.2. The molecule has 4 N–H and O–H groups in total. The van der Waals surface area contributed by atoms with Gasteiger partial charge in [-0.2, -0.15) is 0 Å². The molecule has 1 rings (SSSR count). The van der Waals surface area contributed by atoms with Crippen LogP contribution >= 0.6 is 24.8 Å². The molecule has 3 atom stereocenters. The van der Waals surface area contributed by atoms with Crippen LogP contribution in [0, 0.1) is 11.8 Å². The summed E-state index contributed by atoms with van der Waals surface area (Å²) < 4.78 is 16.5. The van der Waals surface area contributed by atoms with E-state index >= 15 is 0 Å². The van der Waals surface area contributed by atoms with Gasteiger partial charge in [0.2, 0.25) is 0 Å². The third-order valence-corrected chi connectivity index (χ3v) is 6.09. The predicted molar refractivity (Wildman–Crippen MR) is 142 cm³/mol. The molecule has 0 aliphatic heterocycles. The van der Waals surface area contributed by atoms with Gasteiger partial charge in [-0.3, -0.25) is 0 Å². The number of benzene rings is 1. The summed E-state index contributed by atoms with van der Waals surface area (Å²) in [5.74, 6) is 2.32. The van der Waals surface area contributed by atoms with E-state index in [0.29, 0.717) is 37.6 Å². The van der Waals surface area contributed by atoms with E-state index in [0.717, 1.165) is 43.6 Å². The molecule has 0 aromatic heterocycles. The lowest BCUT2D eigenvalue weighted by Crippen LogP contribution is -2.45. The SMILES string of the molecule is CCC(CC)NC[C@H](O)[C@@H](N)C[C@H](Cc1ccc(OC)c(OCCCOC)c1)C(C)C.Cl.Cl. The first-order chi connectivity index (χ1) is 14.9. The van der Waals surface area contributed by atoms with Gasteiger partial charge in [0.25, 0.3) is 0 Å². The highest BCUT2D eigenvalue weighted by Crippen LogP contribution is 2.31. The van der Waals surface area contributed by atoms with Gasteiger partial charge in [-0.1, -0.05) is 33.8 Å². The third-order valence-electron chi connectivity index (χ3n) is 6.09. The fourth-order valence-electron chi connectivity index (χ4n) is 3.76. The number of methoxy groups -OCH3 is 2. The monoisotopic (exact) mass is 510 g/mol. The van der Waals surface area contributed by atoms with E-state index in [4.69, 9.17) is 19.9 Å². The summed E-state index contributed by atoms with van der Waals surface area (Å²) in [7, 11) is 3.35. The van der Waals surface area contributed by atoms with Crippen molar-refractivity contribution in [1.82, 2.24) is 5.32 Å². The largest absolute Gasteiger partial charge is 0.493 e. The summed E-state index contributed by atoms with van der Waals surface area (Å²) in [5.41, 5.74) is 7.59. The van der Waals surface area contributed by atoms with E-state index in [1.54, 1.807) is 14.2 Å². The van der Waals surface area contributed by atoms with E-state index in [9.17, 15) is 5.11 Å². The van der Waals surface area contributed by atoms with E-state index in [2.05, 4.69) is 45.1 Å². The summed E-state index contributed by atoms with van der Waals surface area (Å²) in [5, 5.41) is 14.0. The van der Waals surface area contributed by atoms with Gasteiger partial charge in [0.1, 0.15) is 0 Å². The molecule has 0 aliphatic rings. The Morgan fingerprint density at radius 3 is 2.24 bits per heavy atom. The van der Waals surface area contributed by atoms with E-state index in [-0.39, 0.29) is 30.9 Å². The van der Waals surface area contributed by atoms with Crippen LogP contribution in [0.1, 0.15) is 58.9 Å². The second-order valence-electron chi connectivity index (χ2n) is 8.78. The minimum atomic E-state index is -0.544. The summed E-state index contributed by atoms with van der Waals surface area (Å²) in [4.78, 5) is 0. The Bertz CT molecular complexity index is 604. The van der Waals surface area contributed by atoms with Crippen molar-refractivity contribution >= 4 is 24.8 Å². The van der Waals surface area contributed by atoms with Crippen LogP contribution in [0.3, 0.4) is 0 Å². The number of rotatable bonds is 17. The lowest BCUT2D eigenvalue weighted by Gasteiger charge is -2.28. The first-order valence-electron chi connectivity index (χ1n) is 11.8. The van der Waals surface area contributed by atoms with Gasteiger partial charge in [-0.25, -0.2) is 0 Å². The minimum Gasteiger partial charge on any atom is -0.493 e. The number of aliphatic hydroxyl groups excluding tert-OH is 1. The van der Waals surface area contributed by atoms with Crippen LogP contribution in [-0.4, -0.2) is 57.3 Å². The Morgan fingerprint density at radius 1 is 1.03 bits per heavy atom. The van der Waals surface area contributed by atoms with Crippen LogP contribution in [0.5, 0.6) is 11.5 Å². The summed E-state index contributed by atoms with van der Waals surface area (Å²) >= 11 is 0. The van der Waals surface area contributed by atoms with Crippen molar-refractivity contribution in [1.29, 1.82) is 0 Å². The molecule has 0 unspecified atom stereocenters. The third kappa shape index (κ3) is 13.1. The number of hydrogen-bond acceptors (Lipinski definition) is 6. The highest BCUT2D eigenvalue weighted by molar-refractivity contribution is 5.85. The van der Waals surface area contributed by atoms with Gasteiger partial charge in [0.05, 0.1) is 19.8 Å². The van der Waals surface area contributed by atoms with Crippen molar-refractivity contribution in [2.45, 2.75) is 78.0 Å². The average Bonchev–Trinajstić information content (AvgIpc) is 2.76. The van der Waals surface area contributed by atoms with Gasteiger partial charge in [0.15, 0.2) is 11.5 Å². The summed E-state index contributed by atoms with van der Waals surface area (Å²) in [6.07, 6.45) is 4.06. The number of nitrogens with two attached hydrogens (primary N) is 1. The van der Waals surface area contributed by atoms with Gasteiger partial charge in [-0.05, 0) is 55.2 Å². The molecule has 0 spiro atoms. The number of hydrogen-bond donors (Lipinski definition) is 3. The lowest BCUT2D eigenvalue weighted by molar-refractivity contribution is 0.120. The fourth-order valence-corrected chi connectivity index (χ4v) is 3.76. The molecule has 0 fully saturated rings. The fraction of sp³-hybridized carbons (Fsp3) is 0.760. The van der Waals surface area contributed by atoms with Gasteiger partial charge >= 0.3 is 0 Å². The van der Waals surface area contributed by atoms with Crippen molar-refractivity contribution in [2.24, 2.45) is 17.6 Å². The molecule has 0 bridgehead atoms. The van der Waals surface area contributed by atoms with Crippen LogP contribution in [0.2, 0.25) is 0 Å². The topological polar surface area (TPSA) is 86.0 Å². The van der Waals surface area contributed by atoms with E-state index in [1.807, 2.05) is 6.07 Å². The number of halogens is 2. The summed E-state index contributed by atoms with van der Waals surface area (Å²) in [6.45, 7) is 10.6. The van der Waals surface area contributed by atoms with Gasteiger partial charge in [-0.15, -0.1) is 24.8 Å². The molecule has 0 saturated heterocycles. The Labute approximate surface area is 214 Å². The molecule has 0 aliphatic carbocycles. The smallest absolute Gasteiger partial charge is 0.161 e. The molecule has 1 aromatic rings. The zero-order valence-electron chi connectivity index (χ0n) is 21.3. The zero-order valence-corrected chi connectivity index (χ0v) is 23.0. The highest BCUT2D eigenvalue weighted by atomic mass is 35.5. The average molecular weight is 512 g/mol. The van der Waals surface area contributed by atoms with Crippen LogP contribution in [-0.2, 0) is 11.2 Å². The molecule has 0 saturated carbocycles. The number of nitrogens with one attached hydrogen (secondary N) is 1. The molecular formula is C25H48Cl2N2O4. The maximum Gasteiger partial charge on any atom is 0.161 e. The van der Waals surface area contributed by atoms with Crippen LogP contribution in [0.25, 0.3) is 0 Å². The molecule has 0 radical (unpaired) electrons. The minimum absolute atomic E-state index is 0. The highest BCUT2D eigenvalue weighted by Gasteiger charge is 2.23. The maximum atomic E-state index is 10.6. The number of aliphatic hydroxyl groups is 1. The molecular weight excluding hydrogens is 463 g/mol. The van der Waals surface area contributed by atoms with E-state index < -0.39 is 6.10 Å². The molecule has 33 heavy (non-hydrogen) atoms. The molecule has 1 aromatic carbocycles. The van der Waals surface area contributed by atoms with Gasteiger partial charge in [0, 0.05) is 38.8 Å². The second kappa shape index (κ2) is 19.5. The first-order valence-corrected chi connectivity index (χ1v) is 11.8. The van der Waals surface area contributed by atoms with Crippen molar-refractivity contribution in [2.75, 3.05) is 34.0 Å². The lowest BCUT2D eigenvalue weighted by atomic mass is 9.83. The molecule has 196 valence electrons. The molecule has 6 nitrogen and oxygen atoms in total. The van der Waals surface area contributed by atoms with Gasteiger partial charge < -0.3 is 30.4 Å². The Kier molecular flexibility index (Phi) is 20.4. The Morgan fingerprint density at radius 2 is 1.70 bits per heavy atom. The van der Waals surface area contributed by atoms with Crippen LogP contribution in [0.4, 0.5) is 0 Å². The van der Waals surface area contributed by atoms with Crippen molar-refractivity contribution < 1.29 is 19.3 Å². The molecule has 0 amide bonds.